The molecule has 0 bridgehead atoms. The molecule has 1 atom stereocenters. The van der Waals surface area contributed by atoms with Gasteiger partial charge in [0.1, 0.15) is 5.82 Å². The molecule has 30 heavy (non-hydrogen) atoms. The minimum atomic E-state index is -0.376. The van der Waals surface area contributed by atoms with E-state index in [1.165, 1.54) is 12.1 Å². The summed E-state index contributed by atoms with van der Waals surface area (Å²) in [6, 6.07) is 13.7. The molecule has 162 valence electrons. The van der Waals surface area contributed by atoms with Gasteiger partial charge in [0.15, 0.2) is 0 Å². The second-order valence-corrected chi connectivity index (χ2v) is 7.14. The summed E-state index contributed by atoms with van der Waals surface area (Å²) in [6.07, 6.45) is 3.59. The Morgan fingerprint density at radius 3 is 2.17 bits per heavy atom. The number of methoxy groups -OCH3 is 1. The van der Waals surface area contributed by atoms with Gasteiger partial charge in [0, 0.05) is 31.6 Å². The lowest BCUT2D eigenvalue weighted by molar-refractivity contribution is -0.129. The minimum Gasteiger partial charge on any atom is -0.384 e. The van der Waals surface area contributed by atoms with E-state index in [0.29, 0.717) is 31.6 Å². The van der Waals surface area contributed by atoms with Gasteiger partial charge in [-0.1, -0.05) is 37.1 Å². The molecule has 1 unspecified atom stereocenters. The van der Waals surface area contributed by atoms with Crippen molar-refractivity contribution in [3.63, 3.8) is 0 Å². The number of hydrogen-bond donors (Lipinski definition) is 3. The Balaban J connectivity index is 1.82. The molecule has 0 saturated carbocycles. The lowest BCUT2D eigenvalue weighted by atomic mass is 9.91. The minimum absolute atomic E-state index is 0.0411. The van der Waals surface area contributed by atoms with Crippen LogP contribution in [0.25, 0.3) is 0 Å². The normalized spacial score (nSPS) is 11.7. The van der Waals surface area contributed by atoms with Crippen LogP contribution in [0.15, 0.2) is 48.5 Å². The maximum absolute atomic E-state index is 13.2. The van der Waals surface area contributed by atoms with Gasteiger partial charge in [-0.2, -0.15) is 0 Å². The van der Waals surface area contributed by atoms with Crippen LogP contribution in [0.2, 0.25) is 0 Å². The first kappa shape index (κ1) is 23.5. The van der Waals surface area contributed by atoms with Gasteiger partial charge in [0.2, 0.25) is 5.91 Å². The fourth-order valence-corrected chi connectivity index (χ4v) is 3.24. The number of unbranched alkanes of at least 4 members (excludes halogenated alkanes) is 3. The molecule has 0 aliphatic carbocycles. The first-order valence-corrected chi connectivity index (χ1v) is 10.1. The molecular formula is C23H29FN2O4. The number of carbonyl (C=O) groups excluding carboxylic acids is 2. The number of rotatable bonds is 12. The Morgan fingerprint density at radius 1 is 0.967 bits per heavy atom. The van der Waals surface area contributed by atoms with Crippen LogP contribution in [0.1, 0.15) is 59.5 Å². The zero-order valence-electron chi connectivity index (χ0n) is 17.2. The summed E-state index contributed by atoms with van der Waals surface area (Å²) in [5, 5.41) is 11.3. The summed E-state index contributed by atoms with van der Waals surface area (Å²) < 4.78 is 18.5. The standard InChI is InChI=1S/C23H29FN2O4/c1-30-16-21(18-11-13-20(24)14-12-18)17-7-9-19(10-8-17)23(28)25-15-5-3-2-4-6-22(27)26-29/h7-14,21,29H,2-6,15-16H2,1H3,(H,25,28)(H,26,27). The lowest BCUT2D eigenvalue weighted by Crippen LogP contribution is -2.24. The summed E-state index contributed by atoms with van der Waals surface area (Å²) >= 11 is 0. The SMILES string of the molecule is COCC(c1ccc(F)cc1)c1ccc(C(=O)NCCCCCCC(=O)NO)cc1. The third kappa shape index (κ3) is 7.57. The summed E-state index contributed by atoms with van der Waals surface area (Å²) in [6.45, 7) is 1.02. The van der Waals surface area contributed by atoms with E-state index < -0.39 is 0 Å². The van der Waals surface area contributed by atoms with Crippen LogP contribution in [0.3, 0.4) is 0 Å². The van der Waals surface area contributed by atoms with Crippen molar-refractivity contribution < 1.29 is 23.9 Å². The maximum atomic E-state index is 13.2. The first-order chi connectivity index (χ1) is 14.5. The van der Waals surface area contributed by atoms with Crippen LogP contribution in [0, 0.1) is 5.82 Å². The number of nitrogens with one attached hydrogen (secondary N) is 2. The van der Waals surface area contributed by atoms with Crippen molar-refractivity contribution in [2.45, 2.75) is 38.0 Å². The molecule has 6 nitrogen and oxygen atoms in total. The van der Waals surface area contributed by atoms with Crippen LogP contribution in [-0.4, -0.2) is 37.3 Å². The van der Waals surface area contributed by atoms with E-state index in [0.717, 1.165) is 30.4 Å². The molecule has 2 rings (SSSR count). The van der Waals surface area contributed by atoms with Crippen molar-refractivity contribution >= 4 is 11.8 Å². The third-order valence-electron chi connectivity index (χ3n) is 4.92. The summed E-state index contributed by atoms with van der Waals surface area (Å²) in [7, 11) is 1.62. The van der Waals surface area contributed by atoms with Crippen LogP contribution >= 0.6 is 0 Å². The topological polar surface area (TPSA) is 87.7 Å². The fraction of sp³-hybridized carbons (Fsp3) is 0.391. The molecule has 0 saturated heterocycles. The van der Waals surface area contributed by atoms with Gasteiger partial charge >= 0.3 is 0 Å². The van der Waals surface area contributed by atoms with Crippen LogP contribution in [-0.2, 0) is 9.53 Å². The highest BCUT2D eigenvalue weighted by molar-refractivity contribution is 5.94. The van der Waals surface area contributed by atoms with Gasteiger partial charge in [-0.05, 0) is 48.2 Å². The van der Waals surface area contributed by atoms with Crippen molar-refractivity contribution in [1.82, 2.24) is 10.8 Å². The molecule has 2 aromatic carbocycles. The zero-order valence-corrected chi connectivity index (χ0v) is 17.2. The Bertz CT molecular complexity index is 794. The highest BCUT2D eigenvalue weighted by atomic mass is 19.1. The Morgan fingerprint density at radius 2 is 1.57 bits per heavy atom. The maximum Gasteiger partial charge on any atom is 0.251 e. The highest BCUT2D eigenvalue weighted by Gasteiger charge is 2.15. The molecule has 2 aromatic rings. The predicted molar refractivity (Wildman–Crippen MR) is 112 cm³/mol. The van der Waals surface area contributed by atoms with Crippen molar-refractivity contribution in [3.8, 4) is 0 Å². The molecule has 3 N–H and O–H groups in total. The smallest absolute Gasteiger partial charge is 0.251 e. The quantitative estimate of drug-likeness (QED) is 0.279. The van der Waals surface area contributed by atoms with Gasteiger partial charge < -0.3 is 10.1 Å². The summed E-state index contributed by atoms with van der Waals surface area (Å²) in [5.74, 6) is -0.830. The number of halogens is 1. The molecule has 0 aliphatic heterocycles. The number of hydrogen-bond acceptors (Lipinski definition) is 4. The van der Waals surface area contributed by atoms with E-state index >= 15 is 0 Å². The van der Waals surface area contributed by atoms with Gasteiger partial charge in [-0.25, -0.2) is 9.87 Å². The average molecular weight is 416 g/mol. The van der Waals surface area contributed by atoms with E-state index in [9.17, 15) is 14.0 Å². The molecule has 0 aromatic heterocycles. The van der Waals surface area contributed by atoms with Crippen molar-refractivity contribution in [3.05, 3.63) is 71.0 Å². The Kier molecular flexibility index (Phi) is 9.97. The molecule has 0 spiro atoms. The fourth-order valence-electron chi connectivity index (χ4n) is 3.24. The largest absolute Gasteiger partial charge is 0.384 e. The number of benzene rings is 2. The predicted octanol–water partition coefficient (Wildman–Crippen LogP) is 3.79. The second-order valence-electron chi connectivity index (χ2n) is 7.14. The molecular weight excluding hydrogens is 387 g/mol. The first-order valence-electron chi connectivity index (χ1n) is 10.1. The molecule has 0 radical (unpaired) electrons. The lowest BCUT2D eigenvalue weighted by Gasteiger charge is -2.17. The number of amides is 2. The highest BCUT2D eigenvalue weighted by Crippen LogP contribution is 2.25. The van der Waals surface area contributed by atoms with Gasteiger partial charge in [0.25, 0.3) is 5.91 Å². The second kappa shape index (κ2) is 12.7. The molecule has 2 amide bonds. The number of hydroxylamine groups is 1. The number of ether oxygens (including phenoxy) is 1. The van der Waals surface area contributed by atoms with Crippen molar-refractivity contribution in [2.24, 2.45) is 0 Å². The van der Waals surface area contributed by atoms with E-state index in [4.69, 9.17) is 9.94 Å². The summed E-state index contributed by atoms with van der Waals surface area (Å²) in [5.41, 5.74) is 4.13. The Labute approximate surface area is 176 Å². The van der Waals surface area contributed by atoms with E-state index in [1.807, 2.05) is 12.1 Å². The molecule has 0 aliphatic rings. The van der Waals surface area contributed by atoms with Crippen LogP contribution < -0.4 is 10.8 Å². The summed E-state index contributed by atoms with van der Waals surface area (Å²) in [4.78, 5) is 23.2. The van der Waals surface area contributed by atoms with Crippen molar-refractivity contribution in [2.75, 3.05) is 20.3 Å². The monoisotopic (exact) mass is 416 g/mol. The number of carbonyl (C=O) groups is 2. The molecule has 7 heteroatoms. The van der Waals surface area contributed by atoms with Crippen LogP contribution in [0.4, 0.5) is 4.39 Å². The van der Waals surface area contributed by atoms with E-state index in [1.54, 1.807) is 36.9 Å². The van der Waals surface area contributed by atoms with E-state index in [2.05, 4.69) is 5.32 Å². The average Bonchev–Trinajstić information content (AvgIpc) is 2.77. The zero-order chi connectivity index (χ0) is 21.8. The van der Waals surface area contributed by atoms with Gasteiger partial charge in [-0.15, -0.1) is 0 Å². The third-order valence-corrected chi connectivity index (χ3v) is 4.92. The molecule has 0 heterocycles. The van der Waals surface area contributed by atoms with Crippen LogP contribution in [0.5, 0.6) is 0 Å². The van der Waals surface area contributed by atoms with Gasteiger partial charge in [-0.3, -0.25) is 14.8 Å². The van der Waals surface area contributed by atoms with E-state index in [-0.39, 0.29) is 23.5 Å². The van der Waals surface area contributed by atoms with Crippen molar-refractivity contribution in [1.29, 1.82) is 0 Å². The Hall–Kier alpha value is -2.77. The van der Waals surface area contributed by atoms with Gasteiger partial charge in [0.05, 0.1) is 6.61 Å². The molecule has 0 fully saturated rings.